The molecule has 1 heterocycles. The molecular weight excluding hydrogens is 198 g/mol. The highest BCUT2D eigenvalue weighted by molar-refractivity contribution is 5.54. The molecule has 0 bridgehead atoms. The van der Waals surface area contributed by atoms with Crippen molar-refractivity contribution in [3.63, 3.8) is 0 Å². The zero-order chi connectivity index (χ0) is 11.5. The lowest BCUT2D eigenvalue weighted by Gasteiger charge is -2.27. The van der Waals surface area contributed by atoms with E-state index < -0.39 is 0 Å². The van der Waals surface area contributed by atoms with Gasteiger partial charge in [-0.15, -0.1) is 0 Å². The Morgan fingerprint density at radius 1 is 1.38 bits per heavy atom. The molecule has 3 atom stereocenters. The molecular formula is C14H18NO. The molecule has 1 fully saturated rings. The number of carbonyl (C=O) groups excluding carboxylic acids is 1. The van der Waals surface area contributed by atoms with Gasteiger partial charge < -0.3 is 0 Å². The third-order valence-electron chi connectivity index (χ3n) is 3.66. The summed E-state index contributed by atoms with van der Waals surface area (Å²) in [6, 6.07) is 10.8. The summed E-state index contributed by atoms with van der Waals surface area (Å²) < 4.78 is 0. The topological polar surface area (TPSA) is 20.3 Å². The first kappa shape index (κ1) is 11.3. The number of hydrogen-bond donors (Lipinski definition) is 0. The van der Waals surface area contributed by atoms with Gasteiger partial charge in [-0.2, -0.15) is 0 Å². The third-order valence-corrected chi connectivity index (χ3v) is 3.66. The fraction of sp³-hybridized carbons (Fsp3) is 0.500. The second kappa shape index (κ2) is 4.79. The van der Waals surface area contributed by atoms with Gasteiger partial charge in [-0.3, -0.25) is 9.69 Å². The molecule has 2 heteroatoms. The maximum Gasteiger partial charge on any atom is 0.201 e. The lowest BCUT2D eigenvalue weighted by Crippen LogP contribution is -2.24. The van der Waals surface area contributed by atoms with Crippen LogP contribution in [0.3, 0.4) is 0 Å². The summed E-state index contributed by atoms with van der Waals surface area (Å²) in [6.07, 6.45) is 3.24. The molecule has 0 spiro atoms. The summed E-state index contributed by atoms with van der Waals surface area (Å²) in [5, 5.41) is 0. The van der Waals surface area contributed by atoms with E-state index in [1.54, 1.807) is 0 Å². The summed E-state index contributed by atoms with van der Waals surface area (Å²) in [5.74, 6) is 0.431. The predicted octanol–water partition coefficient (Wildman–Crippen LogP) is 2.43. The Morgan fingerprint density at radius 3 is 2.69 bits per heavy atom. The molecule has 85 valence electrons. The van der Waals surface area contributed by atoms with Crippen molar-refractivity contribution in [2.75, 3.05) is 13.6 Å². The molecule has 3 unspecified atom stereocenters. The first-order valence-electron chi connectivity index (χ1n) is 5.87. The van der Waals surface area contributed by atoms with E-state index in [1.807, 2.05) is 13.0 Å². The minimum Gasteiger partial charge on any atom is -0.299 e. The summed E-state index contributed by atoms with van der Waals surface area (Å²) >= 11 is 0. The van der Waals surface area contributed by atoms with Gasteiger partial charge in [0.2, 0.25) is 6.29 Å². The molecule has 0 aliphatic carbocycles. The second-order valence-corrected chi connectivity index (χ2v) is 4.70. The van der Waals surface area contributed by atoms with E-state index in [4.69, 9.17) is 0 Å². The highest BCUT2D eigenvalue weighted by atomic mass is 16.1. The molecule has 1 aromatic rings. The van der Waals surface area contributed by atoms with Gasteiger partial charge in [0.25, 0.3) is 0 Å². The van der Waals surface area contributed by atoms with Crippen molar-refractivity contribution in [1.29, 1.82) is 0 Å². The SMILES string of the molecule is CC([C]=O)C1CCN(C)C1c1ccccc1. The van der Waals surface area contributed by atoms with Gasteiger partial charge in [-0.05, 0) is 31.5 Å². The highest BCUT2D eigenvalue weighted by Gasteiger charge is 2.36. The molecule has 1 aliphatic rings. The summed E-state index contributed by atoms with van der Waals surface area (Å²) in [5.41, 5.74) is 1.31. The zero-order valence-corrected chi connectivity index (χ0v) is 9.89. The van der Waals surface area contributed by atoms with Gasteiger partial charge in [0.15, 0.2) is 0 Å². The van der Waals surface area contributed by atoms with Crippen molar-refractivity contribution in [3.8, 4) is 0 Å². The summed E-state index contributed by atoms with van der Waals surface area (Å²) in [4.78, 5) is 13.2. The van der Waals surface area contributed by atoms with Crippen LogP contribution in [0.2, 0.25) is 0 Å². The molecule has 16 heavy (non-hydrogen) atoms. The van der Waals surface area contributed by atoms with Crippen molar-refractivity contribution < 1.29 is 4.79 Å². The van der Waals surface area contributed by atoms with Gasteiger partial charge in [0.1, 0.15) is 0 Å². The first-order chi connectivity index (χ1) is 7.74. The number of benzene rings is 1. The van der Waals surface area contributed by atoms with Gasteiger partial charge in [0, 0.05) is 12.0 Å². The van der Waals surface area contributed by atoms with Crippen LogP contribution in [0.15, 0.2) is 30.3 Å². The van der Waals surface area contributed by atoms with Crippen LogP contribution in [0, 0.1) is 11.8 Å². The summed E-state index contributed by atoms with van der Waals surface area (Å²) in [6.45, 7) is 3.04. The van der Waals surface area contributed by atoms with E-state index in [0.717, 1.165) is 13.0 Å². The fourth-order valence-electron chi connectivity index (χ4n) is 2.74. The van der Waals surface area contributed by atoms with Gasteiger partial charge in [0.05, 0.1) is 0 Å². The van der Waals surface area contributed by atoms with Crippen LogP contribution >= 0.6 is 0 Å². The molecule has 1 saturated heterocycles. The number of likely N-dealkylation sites (tertiary alicyclic amines) is 1. The van der Waals surface area contributed by atoms with Crippen molar-refractivity contribution in [1.82, 2.24) is 4.90 Å². The Labute approximate surface area is 97.3 Å². The predicted molar refractivity (Wildman–Crippen MR) is 64.8 cm³/mol. The van der Waals surface area contributed by atoms with Gasteiger partial charge >= 0.3 is 0 Å². The van der Waals surface area contributed by atoms with Crippen molar-refractivity contribution in [2.24, 2.45) is 11.8 Å². The number of rotatable bonds is 3. The highest BCUT2D eigenvalue weighted by Crippen LogP contribution is 2.39. The quantitative estimate of drug-likeness (QED) is 0.773. The van der Waals surface area contributed by atoms with Crippen LogP contribution in [0.25, 0.3) is 0 Å². The van der Waals surface area contributed by atoms with E-state index in [1.165, 1.54) is 5.56 Å². The Morgan fingerprint density at radius 2 is 2.06 bits per heavy atom. The number of nitrogens with zero attached hydrogens (tertiary/aromatic N) is 1. The minimum atomic E-state index is 0.0233. The molecule has 0 aromatic heterocycles. The largest absolute Gasteiger partial charge is 0.299 e. The van der Waals surface area contributed by atoms with Crippen molar-refractivity contribution >= 4 is 6.29 Å². The first-order valence-corrected chi connectivity index (χ1v) is 5.87. The van der Waals surface area contributed by atoms with Crippen LogP contribution in [0.1, 0.15) is 24.9 Å². The van der Waals surface area contributed by atoms with Crippen LogP contribution in [0.4, 0.5) is 0 Å². The van der Waals surface area contributed by atoms with Crippen LogP contribution in [-0.4, -0.2) is 24.8 Å². The molecule has 2 rings (SSSR count). The maximum absolute atomic E-state index is 10.8. The van der Waals surface area contributed by atoms with Gasteiger partial charge in [-0.25, -0.2) is 0 Å². The van der Waals surface area contributed by atoms with Crippen LogP contribution < -0.4 is 0 Å². The lowest BCUT2D eigenvalue weighted by molar-refractivity contribution is 0.255. The molecule has 1 aliphatic heterocycles. The van der Waals surface area contributed by atoms with Gasteiger partial charge in [-0.1, -0.05) is 37.3 Å². The van der Waals surface area contributed by atoms with Crippen molar-refractivity contribution in [2.45, 2.75) is 19.4 Å². The monoisotopic (exact) mass is 216 g/mol. The normalized spacial score (nSPS) is 27.9. The molecule has 0 saturated carbocycles. The van der Waals surface area contributed by atoms with Crippen molar-refractivity contribution in [3.05, 3.63) is 35.9 Å². The molecule has 2 nitrogen and oxygen atoms in total. The summed E-state index contributed by atoms with van der Waals surface area (Å²) in [7, 11) is 2.13. The van der Waals surface area contributed by atoms with E-state index in [2.05, 4.69) is 42.5 Å². The Kier molecular flexibility index (Phi) is 3.39. The average molecular weight is 216 g/mol. The van der Waals surface area contributed by atoms with E-state index in [9.17, 15) is 4.79 Å². The van der Waals surface area contributed by atoms with E-state index in [-0.39, 0.29) is 5.92 Å². The second-order valence-electron chi connectivity index (χ2n) is 4.70. The van der Waals surface area contributed by atoms with Crippen LogP contribution in [-0.2, 0) is 4.79 Å². The Bertz CT molecular complexity index is 349. The minimum absolute atomic E-state index is 0.0233. The Balaban J connectivity index is 2.26. The molecule has 1 radical (unpaired) electrons. The fourth-order valence-corrected chi connectivity index (χ4v) is 2.74. The Hall–Kier alpha value is -1.15. The molecule has 0 amide bonds. The lowest BCUT2D eigenvalue weighted by atomic mass is 9.85. The smallest absolute Gasteiger partial charge is 0.201 e. The van der Waals surface area contributed by atoms with E-state index in [0.29, 0.717) is 12.0 Å². The standard InChI is InChI=1S/C14H18NO/c1-11(10-16)13-8-9-15(2)14(13)12-6-4-3-5-7-12/h3-7,11,13-14H,8-9H2,1-2H3. The maximum atomic E-state index is 10.8. The average Bonchev–Trinajstić information content (AvgIpc) is 2.71. The zero-order valence-electron chi connectivity index (χ0n) is 9.89. The number of hydrogen-bond acceptors (Lipinski definition) is 2. The van der Waals surface area contributed by atoms with Crippen LogP contribution in [0.5, 0.6) is 0 Å². The van der Waals surface area contributed by atoms with E-state index >= 15 is 0 Å². The molecule has 0 N–H and O–H groups in total. The molecule has 1 aromatic carbocycles. The third kappa shape index (κ3) is 2.03.